The van der Waals surface area contributed by atoms with Crippen LogP contribution in [-0.2, 0) is 11.2 Å². The zero-order chi connectivity index (χ0) is 14.0. The van der Waals surface area contributed by atoms with Gasteiger partial charge in [0.1, 0.15) is 0 Å². The van der Waals surface area contributed by atoms with Gasteiger partial charge in [-0.3, -0.25) is 4.79 Å². The molecular weight excluding hydrogens is 240 g/mol. The van der Waals surface area contributed by atoms with Gasteiger partial charge in [0.25, 0.3) is 0 Å². The molecule has 0 aromatic heterocycles. The van der Waals surface area contributed by atoms with Crippen molar-refractivity contribution in [3.05, 3.63) is 29.8 Å². The number of likely N-dealkylation sites (tertiary alicyclic amines) is 1. The average Bonchev–Trinajstić information content (AvgIpc) is 2.33. The van der Waals surface area contributed by atoms with Crippen LogP contribution in [0, 0.1) is 0 Å². The van der Waals surface area contributed by atoms with Gasteiger partial charge < -0.3 is 14.9 Å². The first-order chi connectivity index (χ1) is 8.87. The molecule has 1 N–H and O–H groups in total. The van der Waals surface area contributed by atoms with Crippen LogP contribution in [-0.4, -0.2) is 48.7 Å². The van der Waals surface area contributed by atoms with Crippen molar-refractivity contribution >= 4 is 11.6 Å². The van der Waals surface area contributed by atoms with Gasteiger partial charge in [0.15, 0.2) is 0 Å². The van der Waals surface area contributed by atoms with E-state index < -0.39 is 5.60 Å². The third-order valence-electron chi connectivity index (χ3n) is 3.50. The summed E-state index contributed by atoms with van der Waals surface area (Å²) in [5, 5.41) is 9.60. The number of β-amino-alcohol motifs (C(OH)–C–C–N with tert-alkyl or cyclic N) is 1. The Bertz CT molecular complexity index is 444. The maximum atomic E-state index is 11.9. The molecule has 0 spiro atoms. The number of benzene rings is 1. The first-order valence-electron chi connectivity index (χ1n) is 6.64. The fourth-order valence-electron chi connectivity index (χ4n) is 2.32. The summed E-state index contributed by atoms with van der Waals surface area (Å²) in [5.74, 6) is 0.128. The van der Waals surface area contributed by atoms with Gasteiger partial charge in [-0.15, -0.1) is 0 Å². The van der Waals surface area contributed by atoms with Crippen LogP contribution in [0.1, 0.15) is 18.9 Å². The number of aryl methyl sites for hydroxylation is 1. The first-order valence-corrected chi connectivity index (χ1v) is 6.64. The summed E-state index contributed by atoms with van der Waals surface area (Å²) in [5.41, 5.74) is 1.66. The quantitative estimate of drug-likeness (QED) is 0.889. The molecule has 4 nitrogen and oxygen atoms in total. The SMILES string of the molecule is CN(C)c1ccc(CCC(=O)N2CC(C)(O)C2)cc1. The molecule has 0 atom stereocenters. The van der Waals surface area contributed by atoms with Gasteiger partial charge in [0.2, 0.25) is 5.91 Å². The van der Waals surface area contributed by atoms with Crippen LogP contribution < -0.4 is 4.90 Å². The highest BCUT2D eigenvalue weighted by Gasteiger charge is 2.38. The monoisotopic (exact) mass is 262 g/mol. The second kappa shape index (κ2) is 5.21. The van der Waals surface area contributed by atoms with E-state index in [9.17, 15) is 9.90 Å². The van der Waals surface area contributed by atoms with Crippen LogP contribution in [0.15, 0.2) is 24.3 Å². The van der Waals surface area contributed by atoms with E-state index >= 15 is 0 Å². The molecule has 1 aromatic carbocycles. The van der Waals surface area contributed by atoms with Crippen LogP contribution in [0.5, 0.6) is 0 Å². The van der Waals surface area contributed by atoms with Crippen molar-refractivity contribution in [2.24, 2.45) is 0 Å². The lowest BCUT2D eigenvalue weighted by molar-refractivity contribution is -0.152. The number of amides is 1. The van der Waals surface area contributed by atoms with Crippen molar-refractivity contribution in [3.63, 3.8) is 0 Å². The highest BCUT2D eigenvalue weighted by atomic mass is 16.3. The van der Waals surface area contributed by atoms with Gasteiger partial charge in [0.05, 0.1) is 18.7 Å². The van der Waals surface area contributed by atoms with Crippen molar-refractivity contribution in [3.8, 4) is 0 Å². The number of hydrogen-bond donors (Lipinski definition) is 1. The maximum absolute atomic E-state index is 11.9. The minimum absolute atomic E-state index is 0.128. The molecule has 1 fully saturated rings. The van der Waals surface area contributed by atoms with Gasteiger partial charge in [-0.1, -0.05) is 12.1 Å². The smallest absolute Gasteiger partial charge is 0.223 e. The summed E-state index contributed by atoms with van der Waals surface area (Å²) in [4.78, 5) is 15.6. The Kier molecular flexibility index (Phi) is 3.80. The Morgan fingerprint density at radius 3 is 2.37 bits per heavy atom. The van der Waals surface area contributed by atoms with E-state index in [-0.39, 0.29) is 5.91 Å². The Labute approximate surface area is 114 Å². The Morgan fingerprint density at radius 2 is 1.89 bits per heavy atom. The molecule has 4 heteroatoms. The van der Waals surface area contributed by atoms with Crippen molar-refractivity contribution in [2.75, 3.05) is 32.1 Å². The van der Waals surface area contributed by atoms with Gasteiger partial charge in [-0.2, -0.15) is 0 Å². The topological polar surface area (TPSA) is 43.8 Å². The fraction of sp³-hybridized carbons (Fsp3) is 0.533. The number of rotatable bonds is 4. The number of aliphatic hydroxyl groups is 1. The molecule has 0 saturated carbocycles. The molecule has 1 aromatic rings. The second-order valence-electron chi connectivity index (χ2n) is 5.81. The molecule has 2 rings (SSSR count). The average molecular weight is 262 g/mol. The van der Waals surface area contributed by atoms with Crippen molar-refractivity contribution in [1.82, 2.24) is 4.90 Å². The van der Waals surface area contributed by atoms with E-state index in [2.05, 4.69) is 29.2 Å². The molecular formula is C15H22N2O2. The number of carbonyl (C=O) groups excluding carboxylic acids is 1. The zero-order valence-corrected chi connectivity index (χ0v) is 11.9. The molecule has 19 heavy (non-hydrogen) atoms. The van der Waals surface area contributed by atoms with Crippen LogP contribution in [0.25, 0.3) is 0 Å². The minimum atomic E-state index is -0.678. The molecule has 0 radical (unpaired) electrons. The van der Waals surface area contributed by atoms with E-state index in [0.717, 1.165) is 12.1 Å². The molecule has 1 amide bonds. The molecule has 0 aliphatic carbocycles. The molecule has 0 bridgehead atoms. The highest BCUT2D eigenvalue weighted by molar-refractivity contribution is 5.77. The van der Waals surface area contributed by atoms with Crippen LogP contribution in [0.3, 0.4) is 0 Å². The third kappa shape index (κ3) is 3.47. The summed E-state index contributed by atoms with van der Waals surface area (Å²) in [6.45, 7) is 2.69. The maximum Gasteiger partial charge on any atom is 0.223 e. The second-order valence-corrected chi connectivity index (χ2v) is 5.81. The summed E-state index contributed by atoms with van der Waals surface area (Å²) < 4.78 is 0. The van der Waals surface area contributed by atoms with E-state index in [1.807, 2.05) is 14.1 Å². The molecule has 0 unspecified atom stereocenters. The number of hydrogen-bond acceptors (Lipinski definition) is 3. The van der Waals surface area contributed by atoms with Crippen LogP contribution in [0.2, 0.25) is 0 Å². The Morgan fingerprint density at radius 1 is 1.32 bits per heavy atom. The summed E-state index contributed by atoms with van der Waals surface area (Å²) in [7, 11) is 4.02. The molecule has 104 valence electrons. The molecule has 1 aliphatic rings. The van der Waals surface area contributed by atoms with E-state index in [0.29, 0.717) is 19.5 Å². The number of nitrogens with zero attached hydrogens (tertiary/aromatic N) is 2. The fourth-order valence-corrected chi connectivity index (χ4v) is 2.32. The van der Waals surface area contributed by atoms with Gasteiger partial charge in [-0.25, -0.2) is 0 Å². The van der Waals surface area contributed by atoms with Crippen LogP contribution >= 0.6 is 0 Å². The van der Waals surface area contributed by atoms with Crippen molar-refractivity contribution in [2.45, 2.75) is 25.4 Å². The van der Waals surface area contributed by atoms with Gasteiger partial charge in [0, 0.05) is 26.2 Å². The highest BCUT2D eigenvalue weighted by Crippen LogP contribution is 2.21. The lowest BCUT2D eigenvalue weighted by Gasteiger charge is -2.44. The lowest BCUT2D eigenvalue weighted by atomic mass is 9.96. The van der Waals surface area contributed by atoms with Crippen LogP contribution in [0.4, 0.5) is 5.69 Å². The largest absolute Gasteiger partial charge is 0.386 e. The minimum Gasteiger partial charge on any atom is -0.386 e. The standard InChI is InChI=1S/C15H22N2O2/c1-15(19)10-17(11-15)14(18)9-6-12-4-7-13(8-5-12)16(2)3/h4-5,7-8,19H,6,9-11H2,1-3H3. The van der Waals surface area contributed by atoms with E-state index in [1.165, 1.54) is 5.56 Å². The number of carbonyl (C=O) groups is 1. The number of anilines is 1. The summed E-state index contributed by atoms with van der Waals surface area (Å²) >= 11 is 0. The van der Waals surface area contributed by atoms with E-state index in [4.69, 9.17) is 0 Å². The Hall–Kier alpha value is -1.55. The summed E-state index contributed by atoms with van der Waals surface area (Å²) in [6, 6.07) is 8.26. The predicted octanol–water partition coefficient (Wildman–Crippen LogP) is 1.28. The first kappa shape index (κ1) is 13.9. The molecule has 1 aliphatic heterocycles. The van der Waals surface area contributed by atoms with E-state index in [1.54, 1.807) is 11.8 Å². The normalized spacial score (nSPS) is 16.9. The predicted molar refractivity (Wildman–Crippen MR) is 76.3 cm³/mol. The molecule has 1 saturated heterocycles. The van der Waals surface area contributed by atoms with Crippen molar-refractivity contribution < 1.29 is 9.90 Å². The van der Waals surface area contributed by atoms with Crippen molar-refractivity contribution in [1.29, 1.82) is 0 Å². The third-order valence-corrected chi connectivity index (χ3v) is 3.50. The van der Waals surface area contributed by atoms with Gasteiger partial charge in [-0.05, 0) is 31.0 Å². The zero-order valence-electron chi connectivity index (χ0n) is 11.9. The lowest BCUT2D eigenvalue weighted by Crippen LogP contribution is -2.61. The summed E-state index contributed by atoms with van der Waals surface area (Å²) in [6.07, 6.45) is 1.27. The van der Waals surface area contributed by atoms with Gasteiger partial charge >= 0.3 is 0 Å². The molecule has 1 heterocycles. The Balaban J connectivity index is 1.81.